The van der Waals surface area contributed by atoms with Crippen LogP contribution in [0, 0.1) is 6.92 Å². The Hall–Kier alpha value is -0.870. The van der Waals surface area contributed by atoms with Crippen molar-refractivity contribution >= 4 is 21.8 Å². The minimum Gasteiger partial charge on any atom is -0.353 e. The van der Waals surface area contributed by atoms with Crippen LogP contribution < -0.4 is 10.6 Å². The van der Waals surface area contributed by atoms with Gasteiger partial charge in [-0.15, -0.1) is 0 Å². The Balaban J connectivity index is 2.38. The van der Waals surface area contributed by atoms with Crippen LogP contribution in [0.5, 0.6) is 0 Å². The summed E-state index contributed by atoms with van der Waals surface area (Å²) in [5, 5.41) is 5.96. The molecule has 0 aliphatic carbocycles. The molecule has 0 spiro atoms. The first-order valence-electron chi connectivity index (χ1n) is 5.74. The van der Waals surface area contributed by atoms with Crippen LogP contribution in [0.1, 0.15) is 25.0 Å². The molecule has 3 nitrogen and oxygen atoms in total. The molecule has 1 rings (SSSR count). The monoisotopic (exact) mass is 298 g/mol. The second-order valence-electron chi connectivity index (χ2n) is 4.42. The van der Waals surface area contributed by atoms with Crippen LogP contribution in [0.25, 0.3) is 0 Å². The number of amides is 1. The van der Waals surface area contributed by atoms with Crippen LogP contribution in [-0.4, -0.2) is 18.5 Å². The lowest BCUT2D eigenvalue weighted by Crippen LogP contribution is -2.37. The van der Waals surface area contributed by atoms with Gasteiger partial charge < -0.3 is 10.6 Å². The summed E-state index contributed by atoms with van der Waals surface area (Å²) in [5.74, 6) is 0.0308. The first kappa shape index (κ1) is 14.2. The van der Waals surface area contributed by atoms with Crippen molar-refractivity contribution < 1.29 is 4.79 Å². The molecule has 0 aliphatic heterocycles. The van der Waals surface area contributed by atoms with Crippen molar-refractivity contribution in [2.75, 3.05) is 6.54 Å². The third kappa shape index (κ3) is 5.33. The van der Waals surface area contributed by atoms with Crippen LogP contribution in [0.4, 0.5) is 0 Å². The smallest absolute Gasteiger partial charge is 0.234 e. The number of rotatable bonds is 5. The van der Waals surface area contributed by atoms with Gasteiger partial charge in [0.2, 0.25) is 5.91 Å². The Kier molecular flexibility index (Phi) is 5.65. The number of hydrogen-bond acceptors (Lipinski definition) is 2. The first-order valence-corrected chi connectivity index (χ1v) is 6.53. The van der Waals surface area contributed by atoms with Gasteiger partial charge in [0.15, 0.2) is 0 Å². The number of aryl methyl sites for hydroxylation is 1. The molecule has 1 aromatic carbocycles. The molecule has 1 amide bonds. The number of halogens is 1. The maximum absolute atomic E-state index is 11.4. The van der Waals surface area contributed by atoms with Gasteiger partial charge in [0.1, 0.15) is 0 Å². The molecule has 1 aromatic rings. The zero-order valence-corrected chi connectivity index (χ0v) is 12.1. The topological polar surface area (TPSA) is 41.1 Å². The normalized spacial score (nSPS) is 10.6. The summed E-state index contributed by atoms with van der Waals surface area (Å²) < 4.78 is 1.08. The minimum atomic E-state index is 0.0308. The van der Waals surface area contributed by atoms with Crippen molar-refractivity contribution in [2.24, 2.45) is 0 Å². The van der Waals surface area contributed by atoms with Crippen LogP contribution >= 0.6 is 15.9 Å². The predicted octanol–water partition coefficient (Wildman–Crippen LogP) is 2.37. The highest BCUT2D eigenvalue weighted by molar-refractivity contribution is 9.10. The Morgan fingerprint density at radius 3 is 2.71 bits per heavy atom. The van der Waals surface area contributed by atoms with E-state index in [0.29, 0.717) is 13.1 Å². The SMILES string of the molecule is Cc1ccc(CNCC(=O)NC(C)C)c(Br)c1. The molecule has 0 unspecified atom stereocenters. The van der Waals surface area contributed by atoms with Gasteiger partial charge in [-0.3, -0.25) is 4.79 Å². The van der Waals surface area contributed by atoms with Gasteiger partial charge in [0.25, 0.3) is 0 Å². The molecule has 0 aromatic heterocycles. The van der Waals surface area contributed by atoms with Gasteiger partial charge in [0.05, 0.1) is 6.54 Å². The number of benzene rings is 1. The quantitative estimate of drug-likeness (QED) is 0.876. The van der Waals surface area contributed by atoms with Crippen LogP contribution in [0.15, 0.2) is 22.7 Å². The summed E-state index contributed by atoms with van der Waals surface area (Å²) in [4.78, 5) is 11.4. The average Bonchev–Trinajstić information content (AvgIpc) is 2.20. The highest BCUT2D eigenvalue weighted by Gasteiger charge is 2.04. The molecule has 0 fully saturated rings. The Morgan fingerprint density at radius 1 is 1.41 bits per heavy atom. The van der Waals surface area contributed by atoms with Crippen molar-refractivity contribution in [3.05, 3.63) is 33.8 Å². The van der Waals surface area contributed by atoms with E-state index in [1.807, 2.05) is 13.8 Å². The molecule has 0 radical (unpaired) electrons. The maximum Gasteiger partial charge on any atom is 0.234 e. The standard InChI is InChI=1S/C13H19BrN2O/c1-9(2)16-13(17)8-15-7-11-5-4-10(3)6-12(11)14/h4-6,9,15H,7-8H2,1-3H3,(H,16,17). The highest BCUT2D eigenvalue weighted by atomic mass is 79.9. The summed E-state index contributed by atoms with van der Waals surface area (Å²) in [6, 6.07) is 6.39. The molecule has 94 valence electrons. The van der Waals surface area contributed by atoms with E-state index >= 15 is 0 Å². The van der Waals surface area contributed by atoms with Gasteiger partial charge in [0, 0.05) is 17.1 Å². The number of carbonyl (C=O) groups excluding carboxylic acids is 1. The van der Waals surface area contributed by atoms with Gasteiger partial charge in [-0.1, -0.05) is 28.1 Å². The Morgan fingerprint density at radius 2 is 2.12 bits per heavy atom. The largest absolute Gasteiger partial charge is 0.353 e. The summed E-state index contributed by atoms with van der Waals surface area (Å²) in [7, 11) is 0. The van der Waals surface area contributed by atoms with E-state index in [2.05, 4.69) is 51.7 Å². The molecular weight excluding hydrogens is 280 g/mol. The minimum absolute atomic E-state index is 0.0308. The number of carbonyl (C=O) groups is 1. The van der Waals surface area contributed by atoms with E-state index in [0.717, 1.165) is 10.0 Å². The molecule has 0 aliphatic rings. The van der Waals surface area contributed by atoms with Gasteiger partial charge in [-0.05, 0) is 38.0 Å². The molecule has 0 heterocycles. The van der Waals surface area contributed by atoms with Crippen molar-refractivity contribution in [1.82, 2.24) is 10.6 Å². The van der Waals surface area contributed by atoms with Crippen LogP contribution in [-0.2, 0) is 11.3 Å². The molecule has 2 N–H and O–H groups in total. The number of nitrogens with one attached hydrogen (secondary N) is 2. The second kappa shape index (κ2) is 6.77. The van der Waals surface area contributed by atoms with Crippen molar-refractivity contribution in [3.8, 4) is 0 Å². The number of hydrogen-bond donors (Lipinski definition) is 2. The second-order valence-corrected chi connectivity index (χ2v) is 5.27. The molecule has 0 saturated heterocycles. The molecule has 4 heteroatoms. The van der Waals surface area contributed by atoms with Crippen LogP contribution in [0.2, 0.25) is 0 Å². The van der Waals surface area contributed by atoms with Crippen molar-refractivity contribution in [2.45, 2.75) is 33.4 Å². The predicted molar refractivity (Wildman–Crippen MR) is 73.9 cm³/mol. The van der Waals surface area contributed by atoms with Crippen LogP contribution in [0.3, 0.4) is 0 Å². The van der Waals surface area contributed by atoms with E-state index in [-0.39, 0.29) is 11.9 Å². The first-order chi connectivity index (χ1) is 7.99. The van der Waals surface area contributed by atoms with E-state index < -0.39 is 0 Å². The lowest BCUT2D eigenvalue weighted by molar-refractivity contribution is -0.120. The van der Waals surface area contributed by atoms with E-state index in [1.165, 1.54) is 5.56 Å². The molecule has 0 atom stereocenters. The summed E-state index contributed by atoms with van der Waals surface area (Å²) in [6.07, 6.45) is 0. The molecule has 0 saturated carbocycles. The lowest BCUT2D eigenvalue weighted by Gasteiger charge is -2.10. The average molecular weight is 299 g/mol. The van der Waals surface area contributed by atoms with Crippen molar-refractivity contribution in [3.63, 3.8) is 0 Å². The summed E-state index contributed by atoms with van der Waals surface area (Å²) in [5.41, 5.74) is 2.38. The lowest BCUT2D eigenvalue weighted by atomic mass is 10.1. The third-order valence-corrected chi connectivity index (χ3v) is 3.00. The zero-order valence-electron chi connectivity index (χ0n) is 10.5. The molecule has 0 bridgehead atoms. The van der Waals surface area contributed by atoms with E-state index in [9.17, 15) is 4.79 Å². The molecular formula is C13H19BrN2O. The van der Waals surface area contributed by atoms with E-state index in [1.54, 1.807) is 0 Å². The van der Waals surface area contributed by atoms with E-state index in [4.69, 9.17) is 0 Å². The zero-order chi connectivity index (χ0) is 12.8. The Bertz CT molecular complexity index is 391. The summed E-state index contributed by atoms with van der Waals surface area (Å²) in [6.45, 7) is 6.99. The Labute approximate surface area is 111 Å². The van der Waals surface area contributed by atoms with Gasteiger partial charge >= 0.3 is 0 Å². The maximum atomic E-state index is 11.4. The third-order valence-electron chi connectivity index (χ3n) is 2.26. The molecule has 17 heavy (non-hydrogen) atoms. The fourth-order valence-electron chi connectivity index (χ4n) is 1.48. The van der Waals surface area contributed by atoms with Gasteiger partial charge in [-0.2, -0.15) is 0 Å². The highest BCUT2D eigenvalue weighted by Crippen LogP contribution is 2.17. The fraction of sp³-hybridized carbons (Fsp3) is 0.462. The summed E-state index contributed by atoms with van der Waals surface area (Å²) >= 11 is 3.51. The van der Waals surface area contributed by atoms with Crippen molar-refractivity contribution in [1.29, 1.82) is 0 Å². The van der Waals surface area contributed by atoms with Gasteiger partial charge in [-0.25, -0.2) is 0 Å². The fourth-order valence-corrected chi connectivity index (χ4v) is 2.11.